The highest BCUT2D eigenvalue weighted by Gasteiger charge is 2.35. The van der Waals surface area contributed by atoms with Crippen LogP contribution in [-0.2, 0) is 4.79 Å². The summed E-state index contributed by atoms with van der Waals surface area (Å²) >= 11 is 0. The number of pyridine rings is 1. The molecule has 30 heavy (non-hydrogen) atoms. The number of halogens is 1. The number of carbonyl (C=O) groups excluding carboxylic acids is 1. The van der Waals surface area contributed by atoms with E-state index in [1.165, 1.54) is 12.1 Å². The molecule has 1 amide bonds. The molecule has 0 aliphatic carbocycles. The third-order valence-electron chi connectivity index (χ3n) is 5.51. The van der Waals surface area contributed by atoms with Crippen LogP contribution in [-0.4, -0.2) is 38.9 Å². The van der Waals surface area contributed by atoms with Gasteiger partial charge in [0.05, 0.1) is 11.4 Å². The van der Waals surface area contributed by atoms with Gasteiger partial charge in [-0.15, -0.1) is 0 Å². The zero-order valence-electron chi connectivity index (χ0n) is 17.5. The van der Waals surface area contributed by atoms with Gasteiger partial charge in [0.25, 0.3) is 0 Å². The van der Waals surface area contributed by atoms with Gasteiger partial charge in [-0.05, 0) is 64.4 Å². The number of nitrogens with one attached hydrogen (secondary N) is 2. The minimum atomic E-state index is -0.537. The third kappa shape index (κ3) is 4.16. The van der Waals surface area contributed by atoms with Crippen LogP contribution in [0.3, 0.4) is 0 Å². The summed E-state index contributed by atoms with van der Waals surface area (Å²) in [6.45, 7) is 7.24. The van der Waals surface area contributed by atoms with Gasteiger partial charge in [-0.3, -0.25) is 9.69 Å². The van der Waals surface area contributed by atoms with Gasteiger partial charge in [0.2, 0.25) is 5.91 Å². The van der Waals surface area contributed by atoms with E-state index in [4.69, 9.17) is 4.74 Å². The monoisotopic (exact) mass is 410 g/mol. The number of benzene rings is 1. The maximum absolute atomic E-state index is 14.7. The molecule has 3 heterocycles. The zero-order valence-corrected chi connectivity index (χ0v) is 17.5. The maximum Gasteiger partial charge on any atom is 0.241 e. The summed E-state index contributed by atoms with van der Waals surface area (Å²) in [4.78, 5) is 22.3. The Morgan fingerprint density at radius 3 is 2.83 bits per heavy atom. The standard InChI is InChI=1S/C23H27FN4O2/c1-23(2,3)28-13-5-4-6-18(28)22(29)27-15-7-8-20(17(24)14-15)30-19-10-12-26-21-16(19)9-11-25-21/h7-12,14,18H,4-6,13H2,1-3H3,(H,25,26)(H,27,29). The second-order valence-electron chi connectivity index (χ2n) is 8.66. The van der Waals surface area contributed by atoms with Gasteiger partial charge >= 0.3 is 0 Å². The number of hydrogen-bond acceptors (Lipinski definition) is 4. The fourth-order valence-electron chi connectivity index (χ4n) is 4.04. The molecule has 1 saturated heterocycles. The molecule has 0 saturated carbocycles. The summed E-state index contributed by atoms with van der Waals surface area (Å²) in [5.74, 6) is -0.0267. The highest BCUT2D eigenvalue weighted by Crippen LogP contribution is 2.31. The van der Waals surface area contributed by atoms with Crippen LogP contribution < -0.4 is 10.1 Å². The smallest absolute Gasteiger partial charge is 0.241 e. The minimum Gasteiger partial charge on any atom is -0.453 e. The molecule has 1 aliphatic rings. The summed E-state index contributed by atoms with van der Waals surface area (Å²) in [6.07, 6.45) is 6.27. The second-order valence-corrected chi connectivity index (χ2v) is 8.66. The number of aromatic nitrogens is 2. The average Bonchev–Trinajstić information content (AvgIpc) is 3.19. The SMILES string of the molecule is CC(C)(C)N1CCCCC1C(=O)Nc1ccc(Oc2ccnc3[nH]ccc23)c(F)c1. The Labute approximate surface area is 175 Å². The van der Waals surface area contributed by atoms with E-state index in [1.54, 1.807) is 24.5 Å². The number of carbonyl (C=O) groups is 1. The van der Waals surface area contributed by atoms with E-state index < -0.39 is 5.82 Å². The lowest BCUT2D eigenvalue weighted by Gasteiger charge is -2.43. The molecule has 0 radical (unpaired) electrons. The molecule has 0 spiro atoms. The average molecular weight is 410 g/mol. The van der Waals surface area contributed by atoms with E-state index in [2.05, 4.69) is 41.0 Å². The highest BCUT2D eigenvalue weighted by atomic mass is 19.1. The van der Waals surface area contributed by atoms with E-state index in [0.29, 0.717) is 17.1 Å². The number of nitrogens with zero attached hydrogens (tertiary/aromatic N) is 2. The first-order valence-electron chi connectivity index (χ1n) is 10.3. The normalized spacial score (nSPS) is 17.8. The van der Waals surface area contributed by atoms with Crippen LogP contribution in [0, 0.1) is 5.82 Å². The lowest BCUT2D eigenvalue weighted by Crippen LogP contribution is -2.55. The summed E-state index contributed by atoms with van der Waals surface area (Å²) in [7, 11) is 0. The molecule has 6 nitrogen and oxygen atoms in total. The van der Waals surface area contributed by atoms with Crippen molar-refractivity contribution in [1.82, 2.24) is 14.9 Å². The first kappa shape index (κ1) is 20.3. The molecule has 1 aliphatic heterocycles. The van der Waals surface area contributed by atoms with Crippen molar-refractivity contribution in [1.29, 1.82) is 0 Å². The van der Waals surface area contributed by atoms with Crippen molar-refractivity contribution in [2.24, 2.45) is 0 Å². The van der Waals surface area contributed by atoms with E-state index in [-0.39, 0.29) is 23.2 Å². The Kier molecular flexibility index (Phi) is 5.47. The Morgan fingerprint density at radius 1 is 1.23 bits per heavy atom. The molecule has 0 bridgehead atoms. The van der Waals surface area contributed by atoms with E-state index in [9.17, 15) is 9.18 Å². The predicted molar refractivity (Wildman–Crippen MR) is 115 cm³/mol. The van der Waals surface area contributed by atoms with Crippen molar-refractivity contribution < 1.29 is 13.9 Å². The van der Waals surface area contributed by atoms with Gasteiger partial charge < -0.3 is 15.0 Å². The Bertz CT molecular complexity index is 1060. The van der Waals surface area contributed by atoms with Crippen LogP contribution in [0.1, 0.15) is 40.0 Å². The number of likely N-dealkylation sites (tertiary alicyclic amines) is 1. The molecule has 4 rings (SSSR count). The molecule has 7 heteroatoms. The Hall–Kier alpha value is -2.93. The predicted octanol–water partition coefficient (Wildman–Crippen LogP) is 5.09. The van der Waals surface area contributed by atoms with Crippen LogP contribution in [0.15, 0.2) is 42.7 Å². The van der Waals surface area contributed by atoms with Crippen molar-refractivity contribution in [3.8, 4) is 11.5 Å². The van der Waals surface area contributed by atoms with E-state index in [1.807, 2.05) is 6.07 Å². The van der Waals surface area contributed by atoms with Crippen molar-refractivity contribution in [3.05, 3.63) is 48.5 Å². The molecule has 2 N–H and O–H groups in total. The topological polar surface area (TPSA) is 70.2 Å². The van der Waals surface area contributed by atoms with E-state index in [0.717, 1.165) is 31.2 Å². The number of rotatable bonds is 4. The van der Waals surface area contributed by atoms with Gasteiger partial charge in [-0.25, -0.2) is 9.37 Å². The molecule has 1 aromatic carbocycles. The maximum atomic E-state index is 14.7. The fourth-order valence-corrected chi connectivity index (χ4v) is 4.04. The number of ether oxygens (including phenoxy) is 1. The van der Waals surface area contributed by atoms with Crippen LogP contribution in [0.4, 0.5) is 10.1 Å². The minimum absolute atomic E-state index is 0.0932. The lowest BCUT2D eigenvalue weighted by molar-refractivity contribution is -0.125. The number of amides is 1. The van der Waals surface area contributed by atoms with Crippen molar-refractivity contribution in [2.45, 2.75) is 51.6 Å². The number of piperidine rings is 1. The molecule has 3 aromatic rings. The van der Waals surface area contributed by atoms with Gasteiger partial charge in [-0.2, -0.15) is 0 Å². The van der Waals surface area contributed by atoms with Crippen molar-refractivity contribution in [2.75, 3.05) is 11.9 Å². The van der Waals surface area contributed by atoms with Gasteiger partial charge in [0.15, 0.2) is 11.6 Å². The van der Waals surface area contributed by atoms with Crippen LogP contribution >= 0.6 is 0 Å². The third-order valence-corrected chi connectivity index (χ3v) is 5.51. The molecule has 2 aromatic heterocycles. The number of aromatic amines is 1. The number of hydrogen-bond donors (Lipinski definition) is 2. The van der Waals surface area contributed by atoms with Crippen LogP contribution in [0.25, 0.3) is 11.0 Å². The Balaban J connectivity index is 1.49. The van der Waals surface area contributed by atoms with Crippen molar-refractivity contribution in [3.63, 3.8) is 0 Å². The summed E-state index contributed by atoms with van der Waals surface area (Å²) in [5, 5.41) is 3.65. The van der Waals surface area contributed by atoms with Gasteiger partial charge in [0.1, 0.15) is 11.4 Å². The van der Waals surface area contributed by atoms with Crippen LogP contribution in [0.5, 0.6) is 11.5 Å². The number of fused-ring (bicyclic) bond motifs is 1. The van der Waals surface area contributed by atoms with Crippen molar-refractivity contribution >= 4 is 22.6 Å². The lowest BCUT2D eigenvalue weighted by atomic mass is 9.94. The summed E-state index contributed by atoms with van der Waals surface area (Å²) < 4.78 is 20.5. The molecule has 1 atom stereocenters. The largest absolute Gasteiger partial charge is 0.453 e. The second kappa shape index (κ2) is 8.07. The summed E-state index contributed by atoms with van der Waals surface area (Å²) in [5.41, 5.74) is 0.998. The zero-order chi connectivity index (χ0) is 21.3. The first-order valence-corrected chi connectivity index (χ1v) is 10.3. The van der Waals surface area contributed by atoms with Gasteiger partial charge in [-0.1, -0.05) is 6.42 Å². The summed E-state index contributed by atoms with van der Waals surface area (Å²) in [6, 6.07) is 7.80. The van der Waals surface area contributed by atoms with E-state index >= 15 is 0 Å². The molecular weight excluding hydrogens is 383 g/mol. The molecule has 1 unspecified atom stereocenters. The first-order chi connectivity index (χ1) is 14.3. The fraction of sp³-hybridized carbons (Fsp3) is 0.391. The number of anilines is 1. The Morgan fingerprint density at radius 2 is 2.07 bits per heavy atom. The molecule has 1 fully saturated rings. The van der Waals surface area contributed by atoms with Crippen LogP contribution in [0.2, 0.25) is 0 Å². The molecular formula is C23H27FN4O2. The molecule has 158 valence electrons. The quantitative estimate of drug-likeness (QED) is 0.629. The highest BCUT2D eigenvalue weighted by molar-refractivity contribution is 5.95. The number of H-pyrrole nitrogens is 1. The van der Waals surface area contributed by atoms with Gasteiger partial charge in [0, 0.05) is 29.7 Å².